The third-order valence-electron chi connectivity index (χ3n) is 3.45. The monoisotopic (exact) mass is 377 g/mol. The molecule has 10 heteroatoms. The SMILES string of the molecule is Cc1occc1-c1nnc(SCC(=O)Nc2sccc2C(N)=O)n1C. The molecule has 8 nitrogen and oxygen atoms in total. The Kier molecular flexibility index (Phi) is 4.91. The van der Waals surface area contributed by atoms with E-state index in [2.05, 4.69) is 15.5 Å². The van der Waals surface area contributed by atoms with E-state index in [4.69, 9.17) is 10.2 Å². The van der Waals surface area contributed by atoms with Crippen LogP contribution in [0.2, 0.25) is 0 Å². The first-order chi connectivity index (χ1) is 12.0. The Hall–Kier alpha value is -2.59. The molecule has 0 unspecified atom stereocenters. The number of furan rings is 1. The third kappa shape index (κ3) is 3.59. The number of aromatic nitrogens is 3. The van der Waals surface area contributed by atoms with Crippen LogP contribution in [-0.2, 0) is 11.8 Å². The van der Waals surface area contributed by atoms with Gasteiger partial charge in [0.05, 0.1) is 23.1 Å². The van der Waals surface area contributed by atoms with Crippen LogP contribution in [0, 0.1) is 6.92 Å². The lowest BCUT2D eigenvalue weighted by Gasteiger charge is -2.05. The van der Waals surface area contributed by atoms with Gasteiger partial charge in [-0.1, -0.05) is 11.8 Å². The Morgan fingerprint density at radius 3 is 2.88 bits per heavy atom. The molecule has 0 spiro atoms. The lowest BCUT2D eigenvalue weighted by Crippen LogP contribution is -2.18. The minimum Gasteiger partial charge on any atom is -0.469 e. The number of nitrogens with one attached hydrogen (secondary N) is 1. The molecule has 130 valence electrons. The summed E-state index contributed by atoms with van der Waals surface area (Å²) in [5, 5.41) is 13.7. The van der Waals surface area contributed by atoms with Crippen molar-refractivity contribution in [3.8, 4) is 11.4 Å². The molecule has 3 N–H and O–H groups in total. The summed E-state index contributed by atoms with van der Waals surface area (Å²) in [5.74, 6) is 0.730. The van der Waals surface area contributed by atoms with Crippen molar-refractivity contribution in [3.05, 3.63) is 35.1 Å². The molecule has 3 heterocycles. The second-order valence-corrected chi connectivity index (χ2v) is 6.98. The molecule has 0 aliphatic carbocycles. The number of carbonyl (C=O) groups excluding carboxylic acids is 2. The predicted octanol–water partition coefficient (Wildman–Crippen LogP) is 2.27. The number of hydrogen-bond acceptors (Lipinski definition) is 7. The fourth-order valence-electron chi connectivity index (χ4n) is 2.18. The van der Waals surface area contributed by atoms with Crippen molar-refractivity contribution in [2.75, 3.05) is 11.1 Å². The maximum atomic E-state index is 12.1. The van der Waals surface area contributed by atoms with Gasteiger partial charge < -0.3 is 20.0 Å². The van der Waals surface area contributed by atoms with Crippen molar-refractivity contribution in [1.29, 1.82) is 0 Å². The first kappa shape index (κ1) is 17.2. The van der Waals surface area contributed by atoms with Gasteiger partial charge in [0, 0.05) is 7.05 Å². The van der Waals surface area contributed by atoms with Crippen molar-refractivity contribution >= 4 is 39.9 Å². The van der Waals surface area contributed by atoms with Crippen molar-refractivity contribution < 1.29 is 14.0 Å². The molecule has 0 atom stereocenters. The second-order valence-electron chi connectivity index (χ2n) is 5.12. The van der Waals surface area contributed by atoms with Crippen LogP contribution in [0.5, 0.6) is 0 Å². The van der Waals surface area contributed by atoms with Gasteiger partial charge in [0.25, 0.3) is 5.91 Å². The summed E-state index contributed by atoms with van der Waals surface area (Å²) in [4.78, 5) is 23.4. The van der Waals surface area contributed by atoms with Crippen molar-refractivity contribution in [2.24, 2.45) is 12.8 Å². The summed E-state index contributed by atoms with van der Waals surface area (Å²) in [5.41, 5.74) is 6.43. The fraction of sp³-hybridized carbons (Fsp3) is 0.200. The number of thioether (sulfide) groups is 1. The largest absolute Gasteiger partial charge is 0.469 e. The maximum absolute atomic E-state index is 12.1. The smallest absolute Gasteiger partial charge is 0.251 e. The van der Waals surface area contributed by atoms with E-state index in [-0.39, 0.29) is 11.7 Å². The Bertz CT molecular complexity index is 927. The van der Waals surface area contributed by atoms with Crippen molar-refractivity contribution in [2.45, 2.75) is 12.1 Å². The van der Waals surface area contributed by atoms with E-state index in [9.17, 15) is 9.59 Å². The van der Waals surface area contributed by atoms with E-state index < -0.39 is 5.91 Å². The highest BCUT2D eigenvalue weighted by atomic mass is 32.2. The number of nitrogens with zero attached hydrogens (tertiary/aromatic N) is 3. The predicted molar refractivity (Wildman–Crippen MR) is 95.6 cm³/mol. The van der Waals surface area contributed by atoms with Gasteiger partial charge in [-0.25, -0.2) is 0 Å². The Morgan fingerprint density at radius 1 is 1.40 bits per heavy atom. The number of hydrogen-bond donors (Lipinski definition) is 2. The zero-order valence-electron chi connectivity index (χ0n) is 13.5. The highest BCUT2D eigenvalue weighted by Gasteiger charge is 2.17. The number of aryl methyl sites for hydroxylation is 1. The molecule has 0 radical (unpaired) electrons. The highest BCUT2D eigenvalue weighted by Crippen LogP contribution is 2.26. The lowest BCUT2D eigenvalue weighted by atomic mass is 10.2. The molecule has 0 aliphatic rings. The number of amides is 2. The average molecular weight is 377 g/mol. The number of nitrogens with two attached hydrogens (primary N) is 1. The molecule has 0 bridgehead atoms. The molecule has 0 aromatic carbocycles. The van der Waals surface area contributed by atoms with Crippen LogP contribution in [-0.4, -0.2) is 32.3 Å². The van der Waals surface area contributed by atoms with Gasteiger partial charge in [-0.05, 0) is 24.4 Å². The first-order valence-electron chi connectivity index (χ1n) is 7.21. The molecule has 3 aromatic rings. The van der Waals surface area contributed by atoms with Gasteiger partial charge in [-0.3, -0.25) is 9.59 Å². The Labute approximate surface area is 151 Å². The minimum atomic E-state index is -0.572. The fourth-order valence-corrected chi connectivity index (χ4v) is 3.70. The van der Waals surface area contributed by atoms with Gasteiger partial charge in [0.15, 0.2) is 11.0 Å². The van der Waals surface area contributed by atoms with Crippen molar-refractivity contribution in [1.82, 2.24) is 14.8 Å². The molecule has 3 aromatic heterocycles. The molecule has 0 saturated heterocycles. The molecule has 0 aliphatic heterocycles. The Balaban J connectivity index is 1.65. The average Bonchev–Trinajstić information content (AvgIpc) is 3.26. The maximum Gasteiger partial charge on any atom is 0.251 e. The number of primary amides is 1. The summed E-state index contributed by atoms with van der Waals surface area (Å²) in [7, 11) is 1.83. The van der Waals surface area contributed by atoms with Gasteiger partial charge >= 0.3 is 0 Å². The topological polar surface area (TPSA) is 116 Å². The van der Waals surface area contributed by atoms with E-state index in [1.807, 2.05) is 20.0 Å². The van der Waals surface area contributed by atoms with Gasteiger partial charge in [0.2, 0.25) is 5.91 Å². The summed E-state index contributed by atoms with van der Waals surface area (Å²) in [6.45, 7) is 1.85. The third-order valence-corrected chi connectivity index (χ3v) is 5.30. The minimum absolute atomic E-state index is 0.131. The first-order valence-corrected chi connectivity index (χ1v) is 9.07. The zero-order valence-corrected chi connectivity index (χ0v) is 15.1. The van der Waals surface area contributed by atoms with Crippen LogP contribution in [0.1, 0.15) is 16.1 Å². The molecule has 0 saturated carbocycles. The number of rotatable bonds is 6. The van der Waals surface area contributed by atoms with Crippen LogP contribution in [0.25, 0.3) is 11.4 Å². The molecular formula is C15H15N5O3S2. The molecule has 3 rings (SSSR count). The Morgan fingerprint density at radius 2 is 2.20 bits per heavy atom. The standard InChI is InChI=1S/C15H15N5O3S2/c1-8-9(3-5-23-8)13-18-19-15(20(13)2)25-7-11(21)17-14-10(12(16)22)4-6-24-14/h3-6H,7H2,1-2H3,(H2,16,22)(H,17,21). The summed E-state index contributed by atoms with van der Waals surface area (Å²) >= 11 is 2.50. The number of thiophene rings is 1. The molecule has 2 amide bonds. The van der Waals surface area contributed by atoms with Crippen LogP contribution >= 0.6 is 23.1 Å². The molecule has 25 heavy (non-hydrogen) atoms. The molecular weight excluding hydrogens is 362 g/mol. The van der Waals surface area contributed by atoms with Gasteiger partial charge in [-0.15, -0.1) is 21.5 Å². The van der Waals surface area contributed by atoms with Crippen LogP contribution in [0.4, 0.5) is 5.00 Å². The van der Waals surface area contributed by atoms with Crippen LogP contribution in [0.15, 0.2) is 33.3 Å². The van der Waals surface area contributed by atoms with E-state index in [0.717, 1.165) is 11.3 Å². The summed E-state index contributed by atoms with van der Waals surface area (Å²) < 4.78 is 7.08. The zero-order chi connectivity index (χ0) is 18.0. The van der Waals surface area contributed by atoms with Gasteiger partial charge in [0.1, 0.15) is 10.8 Å². The van der Waals surface area contributed by atoms with Crippen LogP contribution < -0.4 is 11.1 Å². The number of carbonyl (C=O) groups is 2. The summed E-state index contributed by atoms with van der Waals surface area (Å²) in [6, 6.07) is 3.40. The summed E-state index contributed by atoms with van der Waals surface area (Å²) in [6.07, 6.45) is 1.59. The van der Waals surface area contributed by atoms with Crippen molar-refractivity contribution in [3.63, 3.8) is 0 Å². The highest BCUT2D eigenvalue weighted by molar-refractivity contribution is 7.99. The normalized spacial score (nSPS) is 10.8. The van der Waals surface area contributed by atoms with E-state index in [1.165, 1.54) is 23.1 Å². The second kappa shape index (κ2) is 7.11. The van der Waals surface area contributed by atoms with Gasteiger partial charge in [-0.2, -0.15) is 0 Å². The van der Waals surface area contributed by atoms with E-state index in [0.29, 0.717) is 21.5 Å². The quantitative estimate of drug-likeness (QED) is 0.637. The number of anilines is 1. The van der Waals surface area contributed by atoms with E-state index >= 15 is 0 Å². The van der Waals surface area contributed by atoms with Crippen LogP contribution in [0.3, 0.4) is 0 Å². The molecule has 0 fully saturated rings. The lowest BCUT2D eigenvalue weighted by molar-refractivity contribution is -0.113. The van der Waals surface area contributed by atoms with E-state index in [1.54, 1.807) is 22.3 Å².